The zero-order valence-corrected chi connectivity index (χ0v) is 20.2. The summed E-state index contributed by atoms with van der Waals surface area (Å²) >= 11 is 1.72. The topological polar surface area (TPSA) is 69.6 Å². The first-order valence-electron chi connectivity index (χ1n) is 11.3. The van der Waals surface area contributed by atoms with E-state index in [-0.39, 0.29) is 19.4 Å². The van der Waals surface area contributed by atoms with Gasteiger partial charge in [0.25, 0.3) is 0 Å². The van der Waals surface area contributed by atoms with E-state index in [0.29, 0.717) is 13.2 Å². The number of nitrogens with zero attached hydrogens (tertiary/aromatic N) is 1. The fraction of sp³-hybridized carbons (Fsp3) is 0.385. The fourth-order valence-corrected chi connectivity index (χ4v) is 5.52. The van der Waals surface area contributed by atoms with E-state index in [1.807, 2.05) is 18.2 Å². The highest BCUT2D eigenvalue weighted by atomic mass is 32.1. The largest absolute Gasteiger partial charge is 0.493 e. The summed E-state index contributed by atoms with van der Waals surface area (Å²) in [6.07, 6.45) is 0.265. The van der Waals surface area contributed by atoms with E-state index in [4.69, 9.17) is 23.7 Å². The van der Waals surface area contributed by atoms with E-state index in [1.54, 1.807) is 25.6 Å². The first-order valence-corrected chi connectivity index (χ1v) is 12.2. The third kappa shape index (κ3) is 4.72. The number of hydrogen-bond acceptors (Lipinski definition) is 8. The van der Waals surface area contributed by atoms with Crippen molar-refractivity contribution in [1.29, 1.82) is 0 Å². The number of aliphatic hydroxyl groups is 1. The van der Waals surface area contributed by atoms with Crippen molar-refractivity contribution in [2.45, 2.75) is 25.2 Å². The number of rotatable bonds is 9. The molecule has 0 aliphatic carbocycles. The minimum absolute atomic E-state index is 0.0482. The molecule has 5 rings (SSSR count). The van der Waals surface area contributed by atoms with Gasteiger partial charge in [0.1, 0.15) is 0 Å². The molecule has 7 nitrogen and oxygen atoms in total. The van der Waals surface area contributed by atoms with Gasteiger partial charge in [-0.15, -0.1) is 11.3 Å². The summed E-state index contributed by atoms with van der Waals surface area (Å²) in [6.45, 7) is 2.26. The maximum atomic E-state index is 10.8. The Kier molecular flexibility index (Phi) is 6.92. The van der Waals surface area contributed by atoms with Crippen LogP contribution in [0, 0.1) is 0 Å². The number of hydrogen-bond donors (Lipinski definition) is 1. The lowest BCUT2D eigenvalue weighted by Crippen LogP contribution is -2.41. The SMILES string of the molecule is COc1cc2c(cc1OC)[C@H](c1cccs1)N(C[C@H](O)COCc1ccc3c(c1)OCO3)CC2. The number of methoxy groups -OCH3 is 2. The van der Waals surface area contributed by atoms with E-state index in [0.717, 1.165) is 41.5 Å². The minimum atomic E-state index is -0.613. The lowest BCUT2D eigenvalue weighted by Gasteiger charge is -2.38. The number of fused-ring (bicyclic) bond motifs is 2. The number of thiophene rings is 1. The second-order valence-corrected chi connectivity index (χ2v) is 9.40. The smallest absolute Gasteiger partial charge is 0.231 e. The number of benzene rings is 2. The Morgan fingerprint density at radius 1 is 1.09 bits per heavy atom. The van der Waals surface area contributed by atoms with Crippen molar-refractivity contribution in [3.63, 3.8) is 0 Å². The van der Waals surface area contributed by atoms with Crippen LogP contribution in [-0.2, 0) is 17.8 Å². The van der Waals surface area contributed by atoms with Gasteiger partial charge in [0.15, 0.2) is 23.0 Å². The predicted octanol–water partition coefficient (Wildman–Crippen LogP) is 4.02. The van der Waals surface area contributed by atoms with Crippen molar-refractivity contribution >= 4 is 11.3 Å². The molecular formula is C26H29NO6S. The summed E-state index contributed by atoms with van der Waals surface area (Å²) in [5, 5.41) is 12.9. The summed E-state index contributed by atoms with van der Waals surface area (Å²) in [6, 6.07) is 14.2. The Morgan fingerprint density at radius 3 is 2.71 bits per heavy atom. The van der Waals surface area contributed by atoms with E-state index < -0.39 is 6.10 Å². The second kappa shape index (κ2) is 10.2. The van der Waals surface area contributed by atoms with E-state index in [1.165, 1.54) is 16.0 Å². The van der Waals surface area contributed by atoms with Crippen LogP contribution in [0.1, 0.15) is 27.6 Å². The third-order valence-corrected chi connectivity index (χ3v) is 7.17. The van der Waals surface area contributed by atoms with Crippen molar-refractivity contribution in [2.24, 2.45) is 0 Å². The zero-order valence-electron chi connectivity index (χ0n) is 19.4. The fourth-order valence-electron chi connectivity index (χ4n) is 4.64. The average molecular weight is 484 g/mol. The van der Waals surface area contributed by atoms with Gasteiger partial charge in [-0.05, 0) is 58.8 Å². The lowest BCUT2D eigenvalue weighted by molar-refractivity contribution is 0.00398. The molecule has 0 fully saturated rings. The minimum Gasteiger partial charge on any atom is -0.493 e. The van der Waals surface area contributed by atoms with Gasteiger partial charge in [-0.1, -0.05) is 12.1 Å². The number of ether oxygens (including phenoxy) is 5. The van der Waals surface area contributed by atoms with Crippen LogP contribution in [-0.4, -0.2) is 56.8 Å². The summed E-state index contributed by atoms with van der Waals surface area (Å²) in [5.41, 5.74) is 3.43. The predicted molar refractivity (Wildman–Crippen MR) is 129 cm³/mol. The molecule has 0 bridgehead atoms. The highest BCUT2D eigenvalue weighted by Crippen LogP contribution is 2.42. The monoisotopic (exact) mass is 483 g/mol. The van der Waals surface area contributed by atoms with Crippen molar-refractivity contribution in [1.82, 2.24) is 4.90 Å². The number of aliphatic hydroxyl groups excluding tert-OH is 1. The Balaban J connectivity index is 1.27. The van der Waals surface area contributed by atoms with Crippen LogP contribution in [0.25, 0.3) is 0 Å². The molecule has 0 spiro atoms. The first kappa shape index (κ1) is 23.0. The summed E-state index contributed by atoms with van der Waals surface area (Å²) in [4.78, 5) is 3.57. The Labute approximate surface area is 203 Å². The quantitative estimate of drug-likeness (QED) is 0.493. The zero-order chi connectivity index (χ0) is 23.5. The van der Waals surface area contributed by atoms with Gasteiger partial charge in [-0.2, -0.15) is 0 Å². The molecule has 2 aliphatic rings. The van der Waals surface area contributed by atoms with Gasteiger partial charge >= 0.3 is 0 Å². The van der Waals surface area contributed by atoms with Gasteiger partial charge in [0.05, 0.1) is 39.6 Å². The molecule has 34 heavy (non-hydrogen) atoms. The summed E-state index contributed by atoms with van der Waals surface area (Å²) in [5.74, 6) is 2.95. The maximum Gasteiger partial charge on any atom is 0.231 e. The molecule has 8 heteroatoms. The molecule has 2 aromatic carbocycles. The van der Waals surface area contributed by atoms with E-state index in [2.05, 4.69) is 34.5 Å². The highest BCUT2D eigenvalue weighted by Gasteiger charge is 2.32. The van der Waals surface area contributed by atoms with Gasteiger partial charge in [0, 0.05) is 18.0 Å². The summed E-state index contributed by atoms with van der Waals surface area (Å²) < 4.78 is 27.7. The van der Waals surface area contributed by atoms with Crippen molar-refractivity contribution in [3.05, 3.63) is 69.4 Å². The molecule has 3 heterocycles. The van der Waals surface area contributed by atoms with Gasteiger partial charge in [-0.3, -0.25) is 4.90 Å². The first-order chi connectivity index (χ1) is 16.7. The van der Waals surface area contributed by atoms with Crippen LogP contribution >= 0.6 is 11.3 Å². The average Bonchev–Trinajstić information content (AvgIpc) is 3.55. The van der Waals surface area contributed by atoms with Crippen LogP contribution in [0.15, 0.2) is 47.8 Å². The Hall–Kier alpha value is -2.78. The molecule has 3 aromatic rings. The van der Waals surface area contributed by atoms with Crippen LogP contribution in [0.5, 0.6) is 23.0 Å². The molecule has 1 N–H and O–H groups in total. The normalized spacial score (nSPS) is 17.9. The third-order valence-electron chi connectivity index (χ3n) is 6.25. The highest BCUT2D eigenvalue weighted by molar-refractivity contribution is 7.10. The molecule has 0 amide bonds. The standard InChI is InChI=1S/C26H29NO6S/c1-29-22-11-18-7-8-27(26(25-4-3-9-34-25)20(18)12-23(22)30-2)13-19(28)15-31-14-17-5-6-21-24(10-17)33-16-32-21/h3-6,9-12,19,26,28H,7-8,13-16H2,1-2H3/t19-,26+/m0/s1. The van der Waals surface area contributed by atoms with Crippen molar-refractivity contribution in [3.8, 4) is 23.0 Å². The molecule has 2 atom stereocenters. The molecular weight excluding hydrogens is 454 g/mol. The van der Waals surface area contributed by atoms with Crippen molar-refractivity contribution in [2.75, 3.05) is 40.7 Å². The van der Waals surface area contributed by atoms with Crippen LogP contribution in [0.2, 0.25) is 0 Å². The van der Waals surface area contributed by atoms with Gasteiger partial charge in [0.2, 0.25) is 6.79 Å². The Bertz CT molecular complexity index is 1120. The molecule has 0 radical (unpaired) electrons. The van der Waals surface area contributed by atoms with Crippen LogP contribution < -0.4 is 18.9 Å². The lowest BCUT2D eigenvalue weighted by atomic mass is 9.90. The van der Waals surface area contributed by atoms with Crippen LogP contribution in [0.4, 0.5) is 0 Å². The second-order valence-electron chi connectivity index (χ2n) is 8.43. The van der Waals surface area contributed by atoms with E-state index >= 15 is 0 Å². The van der Waals surface area contributed by atoms with Crippen molar-refractivity contribution < 1.29 is 28.8 Å². The summed E-state index contributed by atoms with van der Waals surface area (Å²) in [7, 11) is 3.32. The molecule has 1 aromatic heterocycles. The maximum absolute atomic E-state index is 10.8. The van der Waals surface area contributed by atoms with Crippen LogP contribution in [0.3, 0.4) is 0 Å². The number of β-amino-alcohol motifs (C(OH)–C–C–N with tert-alkyl or cyclic N) is 1. The van der Waals surface area contributed by atoms with E-state index in [9.17, 15) is 5.11 Å². The van der Waals surface area contributed by atoms with Gasteiger partial charge in [-0.25, -0.2) is 0 Å². The Morgan fingerprint density at radius 2 is 1.91 bits per heavy atom. The van der Waals surface area contributed by atoms with Gasteiger partial charge < -0.3 is 28.8 Å². The molecule has 0 saturated carbocycles. The molecule has 180 valence electrons. The molecule has 2 aliphatic heterocycles. The molecule has 0 saturated heterocycles. The molecule has 0 unspecified atom stereocenters.